The fourth-order valence-corrected chi connectivity index (χ4v) is 1.13. The highest BCUT2D eigenvalue weighted by Gasteiger charge is 2.19. The molecule has 0 atom stereocenters. The van der Waals surface area contributed by atoms with Crippen molar-refractivity contribution in [3.8, 4) is 0 Å². The van der Waals surface area contributed by atoms with Gasteiger partial charge in [0.05, 0.1) is 5.75 Å². The van der Waals surface area contributed by atoms with Crippen molar-refractivity contribution in [3.63, 3.8) is 0 Å². The maximum absolute atomic E-state index is 10.5. The van der Waals surface area contributed by atoms with Crippen LogP contribution in [0.15, 0.2) is 0 Å². The Morgan fingerprint density at radius 1 is 1.33 bits per heavy atom. The lowest BCUT2D eigenvalue weighted by molar-refractivity contribution is -0.314. The second-order valence-corrected chi connectivity index (χ2v) is 3.95. The van der Waals surface area contributed by atoms with Crippen LogP contribution in [0, 0.1) is 0 Å². The highest BCUT2D eigenvalue weighted by atomic mass is 32.2. The Bertz CT molecular complexity index is 216. The molecule has 0 aliphatic heterocycles. The molecule has 0 aliphatic carbocycles. The van der Waals surface area contributed by atoms with Gasteiger partial charge in [-0.2, -0.15) is 18.6 Å². The van der Waals surface area contributed by atoms with Gasteiger partial charge in [-0.3, -0.25) is 0 Å². The summed E-state index contributed by atoms with van der Waals surface area (Å²) < 4.78 is 24.6. The summed E-state index contributed by atoms with van der Waals surface area (Å²) >= 11 is 0. The van der Waals surface area contributed by atoms with Crippen LogP contribution in [0.5, 0.6) is 0 Å². The summed E-state index contributed by atoms with van der Waals surface area (Å²) in [7, 11) is -3.80. The second kappa shape index (κ2) is 4.12. The molecule has 0 aromatic heterocycles. The third-order valence-corrected chi connectivity index (χ3v) is 2.14. The molecular formula is C4H11NO6S. The molecule has 0 aromatic rings. The monoisotopic (exact) mass is 201 g/mol. The zero-order chi connectivity index (χ0) is 9.83. The normalized spacial score (nSPS) is 13.3. The first-order valence-corrected chi connectivity index (χ1v) is 4.63. The Labute approximate surface area is 69.5 Å². The van der Waals surface area contributed by atoms with Gasteiger partial charge in [0.15, 0.2) is 0 Å². The molecule has 0 radical (unpaired) electrons. The molecule has 0 bridgehead atoms. The van der Waals surface area contributed by atoms with Crippen LogP contribution < -0.4 is 5.90 Å². The van der Waals surface area contributed by atoms with Gasteiger partial charge in [-0.1, -0.05) is 0 Å². The summed E-state index contributed by atoms with van der Waals surface area (Å²) in [4.78, 5) is 0. The van der Waals surface area contributed by atoms with Crippen molar-refractivity contribution in [1.82, 2.24) is 0 Å². The molecule has 0 spiro atoms. The Balaban J connectivity index is 3.73. The van der Waals surface area contributed by atoms with Gasteiger partial charge in [0.1, 0.15) is 0 Å². The van der Waals surface area contributed by atoms with Crippen LogP contribution in [-0.2, 0) is 14.4 Å². The lowest BCUT2D eigenvalue weighted by Gasteiger charge is -2.12. The third kappa shape index (κ3) is 6.46. The predicted molar refractivity (Wildman–Crippen MR) is 37.7 cm³/mol. The van der Waals surface area contributed by atoms with Gasteiger partial charge in [0.2, 0.25) is 0 Å². The van der Waals surface area contributed by atoms with Crippen LogP contribution in [0.2, 0.25) is 0 Å². The molecule has 74 valence electrons. The lowest BCUT2D eigenvalue weighted by Crippen LogP contribution is -2.28. The SMILES string of the molecule is NOS(=O)(=O)CCCC(O)(O)O. The molecule has 0 saturated carbocycles. The Hall–Kier alpha value is -0.250. The van der Waals surface area contributed by atoms with E-state index in [4.69, 9.17) is 15.3 Å². The van der Waals surface area contributed by atoms with Gasteiger partial charge in [0.25, 0.3) is 16.1 Å². The second-order valence-electron chi connectivity index (χ2n) is 2.24. The zero-order valence-corrected chi connectivity index (χ0v) is 6.99. The number of aliphatic hydroxyl groups is 3. The van der Waals surface area contributed by atoms with Gasteiger partial charge in [-0.05, 0) is 6.42 Å². The number of hydrogen-bond donors (Lipinski definition) is 4. The van der Waals surface area contributed by atoms with Crippen LogP contribution in [0.1, 0.15) is 12.8 Å². The standard InChI is InChI=1S/C4H11NO6S/c5-11-12(9,10)3-1-2-4(6,7)8/h6-8H,1-3,5H2. The van der Waals surface area contributed by atoms with Crippen molar-refractivity contribution in [1.29, 1.82) is 0 Å². The van der Waals surface area contributed by atoms with Crippen LogP contribution >= 0.6 is 0 Å². The van der Waals surface area contributed by atoms with Gasteiger partial charge in [-0.15, -0.1) is 0 Å². The number of hydrogen-bond acceptors (Lipinski definition) is 7. The molecule has 0 saturated heterocycles. The third-order valence-electron chi connectivity index (χ3n) is 1.05. The molecule has 0 amide bonds. The van der Waals surface area contributed by atoms with Crippen LogP contribution in [0.4, 0.5) is 0 Å². The van der Waals surface area contributed by atoms with Crippen LogP contribution in [0.25, 0.3) is 0 Å². The molecule has 0 aliphatic rings. The molecule has 0 heterocycles. The van der Waals surface area contributed by atoms with Crippen molar-refractivity contribution in [2.75, 3.05) is 5.75 Å². The van der Waals surface area contributed by atoms with Crippen molar-refractivity contribution in [2.24, 2.45) is 5.90 Å². The summed E-state index contributed by atoms with van der Waals surface area (Å²) in [6.45, 7) is 0. The smallest absolute Gasteiger partial charge is 0.283 e. The first-order chi connectivity index (χ1) is 5.27. The Kier molecular flexibility index (Phi) is 4.03. The predicted octanol–water partition coefficient (Wildman–Crippen LogP) is -2.38. The maximum Gasteiger partial charge on any atom is 0.283 e. The molecule has 0 aromatic carbocycles. The van der Waals surface area contributed by atoms with E-state index in [1.54, 1.807) is 0 Å². The quantitative estimate of drug-likeness (QED) is 0.288. The molecule has 0 fully saturated rings. The van der Waals surface area contributed by atoms with Gasteiger partial charge >= 0.3 is 0 Å². The molecule has 5 N–H and O–H groups in total. The summed E-state index contributed by atoms with van der Waals surface area (Å²) in [5.74, 6) is 1.06. The first kappa shape index (κ1) is 11.8. The van der Waals surface area contributed by atoms with E-state index in [-0.39, 0.29) is 6.42 Å². The summed E-state index contributed by atoms with van der Waals surface area (Å²) in [6, 6.07) is 0. The summed E-state index contributed by atoms with van der Waals surface area (Å²) in [5, 5.41) is 25.0. The topological polar surface area (TPSA) is 130 Å². The molecular weight excluding hydrogens is 190 g/mol. The Morgan fingerprint density at radius 2 is 1.83 bits per heavy atom. The summed E-state index contributed by atoms with van der Waals surface area (Å²) in [5.41, 5.74) is 0. The molecule has 8 heteroatoms. The highest BCUT2D eigenvalue weighted by Crippen LogP contribution is 2.05. The lowest BCUT2D eigenvalue weighted by atomic mass is 10.3. The zero-order valence-electron chi connectivity index (χ0n) is 6.17. The molecule has 7 nitrogen and oxygen atoms in total. The van der Waals surface area contributed by atoms with E-state index in [9.17, 15) is 8.42 Å². The molecule has 0 unspecified atom stereocenters. The fourth-order valence-electron chi connectivity index (χ4n) is 0.534. The van der Waals surface area contributed by atoms with E-state index >= 15 is 0 Å². The van der Waals surface area contributed by atoms with E-state index in [1.807, 2.05) is 0 Å². The number of rotatable bonds is 5. The van der Waals surface area contributed by atoms with E-state index in [0.717, 1.165) is 0 Å². The van der Waals surface area contributed by atoms with Crippen LogP contribution in [-0.4, -0.2) is 35.5 Å². The average molecular weight is 201 g/mol. The highest BCUT2D eigenvalue weighted by molar-refractivity contribution is 7.86. The minimum absolute atomic E-state index is 0.164. The van der Waals surface area contributed by atoms with Gasteiger partial charge < -0.3 is 15.3 Å². The number of nitrogens with two attached hydrogens (primary N) is 1. The van der Waals surface area contributed by atoms with E-state index in [2.05, 4.69) is 10.2 Å². The van der Waals surface area contributed by atoms with Crippen LogP contribution in [0.3, 0.4) is 0 Å². The van der Waals surface area contributed by atoms with Crippen molar-refractivity contribution >= 4 is 10.1 Å². The van der Waals surface area contributed by atoms with Gasteiger partial charge in [-0.25, -0.2) is 0 Å². The van der Waals surface area contributed by atoms with Crippen molar-refractivity contribution in [3.05, 3.63) is 0 Å². The average Bonchev–Trinajstić information content (AvgIpc) is 1.84. The summed E-state index contributed by atoms with van der Waals surface area (Å²) in [6.07, 6.45) is -0.654. The largest absolute Gasteiger partial charge is 0.344 e. The molecule has 12 heavy (non-hydrogen) atoms. The van der Waals surface area contributed by atoms with Crippen molar-refractivity contribution in [2.45, 2.75) is 18.8 Å². The minimum atomic E-state index is -3.80. The van der Waals surface area contributed by atoms with E-state index in [0.29, 0.717) is 0 Å². The van der Waals surface area contributed by atoms with Gasteiger partial charge in [0, 0.05) is 6.42 Å². The van der Waals surface area contributed by atoms with E-state index < -0.39 is 28.3 Å². The van der Waals surface area contributed by atoms with E-state index in [1.165, 1.54) is 0 Å². The first-order valence-electron chi connectivity index (χ1n) is 3.05. The molecule has 0 rings (SSSR count). The maximum atomic E-state index is 10.5. The fraction of sp³-hybridized carbons (Fsp3) is 1.00. The van der Waals surface area contributed by atoms with Crippen molar-refractivity contribution < 1.29 is 28.0 Å². The Morgan fingerprint density at radius 3 is 2.17 bits per heavy atom. The minimum Gasteiger partial charge on any atom is -0.344 e.